The van der Waals surface area contributed by atoms with Crippen LogP contribution in [0.5, 0.6) is 0 Å². The van der Waals surface area contributed by atoms with Gasteiger partial charge >= 0.3 is 0 Å². The summed E-state index contributed by atoms with van der Waals surface area (Å²) in [7, 11) is 0. The molecule has 0 aliphatic rings. The molecule has 0 fully saturated rings. The lowest BCUT2D eigenvalue weighted by Gasteiger charge is -2.20. The second-order valence-corrected chi connectivity index (χ2v) is 8.03. The summed E-state index contributed by atoms with van der Waals surface area (Å²) < 4.78 is 3.19. The van der Waals surface area contributed by atoms with Gasteiger partial charge in [-0.15, -0.1) is 6.58 Å². The molecule has 0 aliphatic heterocycles. The normalized spacial score (nSPS) is 11.9. The van der Waals surface area contributed by atoms with Crippen LogP contribution in [0.2, 0.25) is 0 Å². The van der Waals surface area contributed by atoms with Gasteiger partial charge in [0.05, 0.1) is 10.2 Å². The van der Waals surface area contributed by atoms with Crippen LogP contribution in [0, 0.1) is 0 Å². The highest BCUT2D eigenvalue weighted by Crippen LogP contribution is 2.27. The number of aromatic nitrogens is 1. The molecule has 0 saturated carbocycles. The summed E-state index contributed by atoms with van der Waals surface area (Å²) in [5, 5.41) is 2.36. The Kier molecular flexibility index (Phi) is 5.81. The molecule has 1 heterocycles. The number of carbonyl (C=O) groups is 1. The largest absolute Gasteiger partial charge is 0.372 e. The van der Waals surface area contributed by atoms with Gasteiger partial charge in [-0.2, -0.15) is 4.99 Å². The molecule has 0 atom stereocenters. The molecule has 0 unspecified atom stereocenters. The first-order valence-corrected chi connectivity index (χ1v) is 11.0. The van der Waals surface area contributed by atoms with Gasteiger partial charge in [0.15, 0.2) is 4.80 Å². The van der Waals surface area contributed by atoms with Gasteiger partial charge in [-0.05, 0) is 49.6 Å². The maximum absolute atomic E-state index is 12.9. The Hall–Kier alpha value is -3.18. The van der Waals surface area contributed by atoms with Crippen LogP contribution in [0.1, 0.15) is 24.2 Å². The number of hydrogen-bond donors (Lipinski definition) is 0. The van der Waals surface area contributed by atoms with Crippen LogP contribution in [0.15, 0.2) is 78.3 Å². The van der Waals surface area contributed by atoms with E-state index in [0.29, 0.717) is 16.9 Å². The van der Waals surface area contributed by atoms with E-state index < -0.39 is 0 Å². The van der Waals surface area contributed by atoms with Crippen LogP contribution >= 0.6 is 11.3 Å². The van der Waals surface area contributed by atoms with E-state index in [1.807, 2.05) is 42.5 Å². The van der Waals surface area contributed by atoms with Crippen molar-refractivity contribution in [2.45, 2.75) is 20.4 Å². The van der Waals surface area contributed by atoms with Gasteiger partial charge in [-0.25, -0.2) is 0 Å². The van der Waals surface area contributed by atoms with Gasteiger partial charge < -0.3 is 9.47 Å². The summed E-state index contributed by atoms with van der Waals surface area (Å²) in [5.41, 5.74) is 2.78. The van der Waals surface area contributed by atoms with Gasteiger partial charge in [0.25, 0.3) is 5.91 Å². The predicted octanol–water partition coefficient (Wildman–Crippen LogP) is 5.63. The minimum absolute atomic E-state index is 0.227. The third-order valence-corrected chi connectivity index (χ3v) is 6.45. The quantitative estimate of drug-likeness (QED) is 0.383. The van der Waals surface area contributed by atoms with Crippen LogP contribution in [-0.2, 0) is 6.54 Å². The number of fused-ring (bicyclic) bond motifs is 3. The number of amides is 1. The second-order valence-electron chi connectivity index (χ2n) is 7.05. The number of benzene rings is 3. The molecule has 0 bridgehead atoms. The topological polar surface area (TPSA) is 37.6 Å². The maximum Gasteiger partial charge on any atom is 0.279 e. The summed E-state index contributed by atoms with van der Waals surface area (Å²) >= 11 is 1.55. The molecule has 1 amide bonds. The molecular formula is C25H25N3OS. The van der Waals surface area contributed by atoms with E-state index in [0.717, 1.165) is 29.0 Å². The average Bonchev–Trinajstić information content (AvgIpc) is 3.13. The Bertz CT molecular complexity index is 1280. The minimum Gasteiger partial charge on any atom is -0.372 e. The Balaban J connectivity index is 1.79. The number of thiazole rings is 1. The van der Waals surface area contributed by atoms with Crippen LogP contribution in [0.4, 0.5) is 5.69 Å². The van der Waals surface area contributed by atoms with Gasteiger partial charge in [-0.3, -0.25) is 4.79 Å². The van der Waals surface area contributed by atoms with Gasteiger partial charge in [0.2, 0.25) is 0 Å². The van der Waals surface area contributed by atoms with E-state index in [-0.39, 0.29) is 5.91 Å². The van der Waals surface area contributed by atoms with Gasteiger partial charge in [-0.1, -0.05) is 47.7 Å². The van der Waals surface area contributed by atoms with E-state index in [2.05, 4.69) is 59.2 Å². The van der Waals surface area contributed by atoms with Crippen molar-refractivity contribution in [2.24, 2.45) is 4.99 Å². The standard InChI is InChI=1S/C25H25N3OS/c1-4-17-28-22-16-13-18-9-7-8-10-21(18)23(22)30-25(28)26-24(29)19-11-14-20(15-12-19)27(5-2)6-3/h4,7-16H,1,5-6,17H2,2-3H3. The summed E-state index contributed by atoms with van der Waals surface area (Å²) in [6.45, 7) is 10.6. The Morgan fingerprint density at radius 3 is 2.50 bits per heavy atom. The van der Waals surface area contributed by atoms with Crippen LogP contribution in [-0.4, -0.2) is 23.6 Å². The Morgan fingerprint density at radius 1 is 1.07 bits per heavy atom. The Morgan fingerprint density at radius 2 is 1.80 bits per heavy atom. The van der Waals surface area contributed by atoms with E-state index in [4.69, 9.17) is 0 Å². The molecule has 30 heavy (non-hydrogen) atoms. The first kappa shape index (κ1) is 20.1. The lowest BCUT2D eigenvalue weighted by atomic mass is 10.1. The fourth-order valence-corrected chi connectivity index (χ4v) is 4.92. The van der Waals surface area contributed by atoms with Crippen LogP contribution in [0.25, 0.3) is 21.0 Å². The molecule has 0 N–H and O–H groups in total. The monoisotopic (exact) mass is 415 g/mol. The highest BCUT2D eigenvalue weighted by Gasteiger charge is 2.11. The second kappa shape index (κ2) is 8.67. The number of anilines is 1. The van der Waals surface area contributed by atoms with Gasteiger partial charge in [0, 0.05) is 36.3 Å². The van der Waals surface area contributed by atoms with E-state index >= 15 is 0 Å². The number of allylic oxidation sites excluding steroid dienone is 1. The molecule has 0 radical (unpaired) electrons. The molecule has 5 heteroatoms. The van der Waals surface area contributed by atoms with Crippen molar-refractivity contribution in [3.8, 4) is 0 Å². The smallest absolute Gasteiger partial charge is 0.279 e. The number of hydrogen-bond acceptors (Lipinski definition) is 3. The highest BCUT2D eigenvalue weighted by atomic mass is 32.1. The lowest BCUT2D eigenvalue weighted by molar-refractivity contribution is 0.0998. The van der Waals surface area contributed by atoms with Crippen molar-refractivity contribution in [3.63, 3.8) is 0 Å². The minimum atomic E-state index is -0.227. The van der Waals surface area contributed by atoms with E-state index in [1.165, 1.54) is 10.8 Å². The van der Waals surface area contributed by atoms with Crippen molar-refractivity contribution < 1.29 is 4.79 Å². The SMILES string of the molecule is C=CCn1c(=NC(=O)c2ccc(N(CC)CC)cc2)sc2c3ccccc3ccc21. The molecule has 1 aromatic heterocycles. The molecule has 4 rings (SSSR count). The zero-order chi connectivity index (χ0) is 21.1. The molecule has 0 saturated heterocycles. The molecule has 0 aliphatic carbocycles. The van der Waals surface area contributed by atoms with Gasteiger partial charge in [0.1, 0.15) is 0 Å². The fourth-order valence-electron chi connectivity index (χ4n) is 3.74. The first-order chi connectivity index (χ1) is 14.7. The summed E-state index contributed by atoms with van der Waals surface area (Å²) in [4.78, 5) is 20.4. The average molecular weight is 416 g/mol. The molecule has 152 valence electrons. The molecule has 0 spiro atoms. The molecule has 4 aromatic rings. The van der Waals surface area contributed by atoms with E-state index in [1.54, 1.807) is 11.3 Å². The van der Waals surface area contributed by atoms with Crippen molar-refractivity contribution >= 4 is 43.9 Å². The number of rotatable bonds is 6. The highest BCUT2D eigenvalue weighted by molar-refractivity contribution is 7.17. The zero-order valence-corrected chi connectivity index (χ0v) is 18.2. The van der Waals surface area contributed by atoms with E-state index in [9.17, 15) is 4.79 Å². The molecule has 3 aromatic carbocycles. The van der Waals surface area contributed by atoms with Crippen molar-refractivity contribution in [3.05, 3.63) is 83.7 Å². The summed E-state index contributed by atoms with van der Waals surface area (Å²) in [5.74, 6) is -0.227. The maximum atomic E-state index is 12.9. The molecular weight excluding hydrogens is 390 g/mol. The summed E-state index contributed by atoms with van der Waals surface area (Å²) in [6.07, 6.45) is 1.84. The predicted molar refractivity (Wildman–Crippen MR) is 127 cm³/mol. The lowest BCUT2D eigenvalue weighted by Crippen LogP contribution is -2.21. The Labute approximate surface area is 180 Å². The third-order valence-electron chi connectivity index (χ3n) is 5.33. The fraction of sp³-hybridized carbons (Fsp3) is 0.200. The third kappa shape index (κ3) is 3.68. The first-order valence-electron chi connectivity index (χ1n) is 10.2. The van der Waals surface area contributed by atoms with Crippen LogP contribution in [0.3, 0.4) is 0 Å². The van der Waals surface area contributed by atoms with Crippen molar-refractivity contribution in [1.29, 1.82) is 0 Å². The van der Waals surface area contributed by atoms with Crippen LogP contribution < -0.4 is 9.70 Å². The number of nitrogens with zero attached hydrogens (tertiary/aromatic N) is 3. The van der Waals surface area contributed by atoms with Crippen molar-refractivity contribution in [1.82, 2.24) is 4.57 Å². The summed E-state index contributed by atoms with van der Waals surface area (Å²) in [6, 6.07) is 20.2. The zero-order valence-electron chi connectivity index (χ0n) is 17.3. The molecule has 4 nitrogen and oxygen atoms in total. The number of carbonyl (C=O) groups excluding carboxylic acids is 1. The van der Waals surface area contributed by atoms with Crippen molar-refractivity contribution in [2.75, 3.05) is 18.0 Å².